The number of piperidine rings is 1. The zero-order valence-corrected chi connectivity index (χ0v) is 10.9. The number of hydrogen-bond donors (Lipinski definition) is 1. The molecule has 2 N–H and O–H groups in total. The smallest absolute Gasteiger partial charge is 0.126 e. The Morgan fingerprint density at radius 3 is 2.94 bits per heavy atom. The third-order valence-corrected chi connectivity index (χ3v) is 4.63. The van der Waals surface area contributed by atoms with Gasteiger partial charge in [0, 0.05) is 25.2 Å². The summed E-state index contributed by atoms with van der Waals surface area (Å²) in [6.07, 6.45) is 2.99. The quantitative estimate of drug-likeness (QED) is 0.827. The number of fused-ring (bicyclic) bond motifs is 1. The fourth-order valence-corrected chi connectivity index (χ4v) is 3.45. The first-order valence-electron chi connectivity index (χ1n) is 6.93. The van der Waals surface area contributed by atoms with Crippen LogP contribution in [0.15, 0.2) is 18.2 Å². The summed E-state index contributed by atoms with van der Waals surface area (Å²) in [5, 5.41) is 0. The molecular formula is C15H21FN2. The van der Waals surface area contributed by atoms with Crippen molar-refractivity contribution >= 4 is 0 Å². The summed E-state index contributed by atoms with van der Waals surface area (Å²) in [6, 6.07) is 6.25. The summed E-state index contributed by atoms with van der Waals surface area (Å²) < 4.78 is 13.7. The van der Waals surface area contributed by atoms with Crippen molar-refractivity contribution in [3.05, 3.63) is 35.1 Å². The van der Waals surface area contributed by atoms with Gasteiger partial charge in [0.05, 0.1) is 0 Å². The van der Waals surface area contributed by atoms with E-state index >= 15 is 0 Å². The van der Waals surface area contributed by atoms with E-state index in [1.807, 2.05) is 6.07 Å². The Balaban J connectivity index is 1.82. The van der Waals surface area contributed by atoms with Crippen molar-refractivity contribution in [1.82, 2.24) is 4.90 Å². The molecule has 1 aromatic rings. The highest BCUT2D eigenvalue weighted by Crippen LogP contribution is 2.38. The number of nitrogens with two attached hydrogens (primary N) is 1. The molecule has 0 bridgehead atoms. The van der Waals surface area contributed by atoms with Crippen molar-refractivity contribution in [3.63, 3.8) is 0 Å². The summed E-state index contributed by atoms with van der Waals surface area (Å²) in [4.78, 5) is 2.50. The predicted octanol–water partition coefficient (Wildman–Crippen LogP) is 2.48. The van der Waals surface area contributed by atoms with Crippen LogP contribution in [0.1, 0.15) is 36.9 Å². The Labute approximate surface area is 108 Å². The maximum atomic E-state index is 13.7. The van der Waals surface area contributed by atoms with Crippen LogP contribution in [-0.2, 0) is 6.42 Å². The van der Waals surface area contributed by atoms with Crippen molar-refractivity contribution in [2.45, 2.75) is 38.3 Å². The fourth-order valence-electron chi connectivity index (χ4n) is 3.45. The Bertz CT molecular complexity index is 446. The molecule has 0 radical (unpaired) electrons. The number of likely N-dealkylation sites (tertiary alicyclic amines) is 1. The molecule has 1 saturated heterocycles. The monoisotopic (exact) mass is 248 g/mol. The second-order valence-electron chi connectivity index (χ2n) is 5.79. The highest BCUT2D eigenvalue weighted by molar-refractivity contribution is 5.35. The Hall–Kier alpha value is -0.930. The lowest BCUT2D eigenvalue weighted by Crippen LogP contribution is -2.46. The van der Waals surface area contributed by atoms with Gasteiger partial charge in [-0.15, -0.1) is 0 Å². The molecule has 1 heterocycles. The lowest BCUT2D eigenvalue weighted by molar-refractivity contribution is 0.116. The average Bonchev–Trinajstić information content (AvgIpc) is 2.78. The molecule has 3 unspecified atom stereocenters. The van der Waals surface area contributed by atoms with Gasteiger partial charge in [0.2, 0.25) is 0 Å². The van der Waals surface area contributed by atoms with Crippen LogP contribution in [0, 0.1) is 11.7 Å². The highest BCUT2D eigenvalue weighted by Gasteiger charge is 2.33. The van der Waals surface area contributed by atoms with Gasteiger partial charge in [-0.3, -0.25) is 4.90 Å². The minimum Gasteiger partial charge on any atom is -0.327 e. The van der Waals surface area contributed by atoms with E-state index in [2.05, 4.69) is 17.9 Å². The van der Waals surface area contributed by atoms with Crippen molar-refractivity contribution in [3.8, 4) is 0 Å². The molecule has 0 spiro atoms. The van der Waals surface area contributed by atoms with Crippen LogP contribution in [0.4, 0.5) is 4.39 Å². The maximum Gasteiger partial charge on any atom is 0.126 e. The molecule has 2 nitrogen and oxygen atoms in total. The normalized spacial score (nSPS) is 32.5. The van der Waals surface area contributed by atoms with Crippen LogP contribution in [0.2, 0.25) is 0 Å². The largest absolute Gasteiger partial charge is 0.327 e. The molecule has 1 aliphatic heterocycles. The first kappa shape index (κ1) is 12.1. The molecule has 98 valence electrons. The van der Waals surface area contributed by atoms with Gasteiger partial charge in [0.1, 0.15) is 5.82 Å². The molecule has 1 aromatic carbocycles. The zero-order chi connectivity index (χ0) is 12.7. The van der Waals surface area contributed by atoms with Gasteiger partial charge < -0.3 is 5.73 Å². The van der Waals surface area contributed by atoms with Crippen LogP contribution < -0.4 is 5.73 Å². The van der Waals surface area contributed by atoms with Crippen molar-refractivity contribution in [2.75, 3.05) is 13.1 Å². The van der Waals surface area contributed by atoms with Crippen LogP contribution >= 0.6 is 0 Å². The van der Waals surface area contributed by atoms with Crippen molar-refractivity contribution in [2.24, 2.45) is 11.7 Å². The third kappa shape index (κ3) is 1.95. The van der Waals surface area contributed by atoms with Gasteiger partial charge in [-0.25, -0.2) is 4.39 Å². The number of benzene rings is 1. The van der Waals surface area contributed by atoms with E-state index in [0.717, 1.165) is 37.9 Å². The van der Waals surface area contributed by atoms with E-state index in [1.54, 1.807) is 6.07 Å². The van der Waals surface area contributed by atoms with Crippen LogP contribution in [-0.4, -0.2) is 24.0 Å². The number of hydrogen-bond acceptors (Lipinski definition) is 2. The molecular weight excluding hydrogens is 227 g/mol. The number of rotatable bonds is 1. The Morgan fingerprint density at radius 1 is 1.33 bits per heavy atom. The van der Waals surface area contributed by atoms with Crippen LogP contribution in [0.3, 0.4) is 0 Å². The lowest BCUT2D eigenvalue weighted by atomic mass is 9.92. The van der Waals surface area contributed by atoms with E-state index in [1.165, 1.54) is 5.56 Å². The lowest BCUT2D eigenvalue weighted by Gasteiger charge is -2.39. The molecule has 1 fully saturated rings. The SMILES string of the molecule is CC1CN(C2CCc3c(F)cccc32)CCC1N. The summed E-state index contributed by atoms with van der Waals surface area (Å²) in [7, 11) is 0. The van der Waals surface area contributed by atoms with E-state index in [9.17, 15) is 4.39 Å². The number of nitrogens with zero attached hydrogens (tertiary/aromatic N) is 1. The van der Waals surface area contributed by atoms with Gasteiger partial charge in [0.25, 0.3) is 0 Å². The first-order valence-corrected chi connectivity index (χ1v) is 6.93. The van der Waals surface area contributed by atoms with Crippen molar-refractivity contribution in [1.29, 1.82) is 0 Å². The second-order valence-corrected chi connectivity index (χ2v) is 5.79. The average molecular weight is 248 g/mol. The molecule has 0 amide bonds. The van der Waals surface area contributed by atoms with Crippen LogP contribution in [0.5, 0.6) is 0 Å². The van der Waals surface area contributed by atoms with Gasteiger partial charge in [-0.2, -0.15) is 0 Å². The van der Waals surface area contributed by atoms with E-state index in [0.29, 0.717) is 18.0 Å². The Morgan fingerprint density at radius 2 is 2.17 bits per heavy atom. The Kier molecular flexibility index (Phi) is 3.12. The predicted molar refractivity (Wildman–Crippen MR) is 70.8 cm³/mol. The summed E-state index contributed by atoms with van der Waals surface area (Å²) in [5.41, 5.74) is 8.21. The zero-order valence-electron chi connectivity index (χ0n) is 10.9. The minimum atomic E-state index is -0.0308. The fraction of sp³-hybridized carbons (Fsp3) is 0.600. The molecule has 2 aliphatic rings. The molecule has 1 aliphatic carbocycles. The van der Waals surface area contributed by atoms with E-state index < -0.39 is 0 Å². The van der Waals surface area contributed by atoms with E-state index in [4.69, 9.17) is 5.73 Å². The van der Waals surface area contributed by atoms with E-state index in [-0.39, 0.29) is 5.82 Å². The number of halogens is 1. The molecule has 0 aromatic heterocycles. The second kappa shape index (κ2) is 4.63. The summed E-state index contributed by atoms with van der Waals surface area (Å²) >= 11 is 0. The molecule has 18 heavy (non-hydrogen) atoms. The standard InChI is InChI=1S/C15H21FN2/c1-10-9-18(8-7-14(10)17)15-6-5-11-12(15)3-2-4-13(11)16/h2-4,10,14-15H,5-9,17H2,1H3. The molecule has 3 heteroatoms. The molecule has 3 atom stereocenters. The highest BCUT2D eigenvalue weighted by atomic mass is 19.1. The van der Waals surface area contributed by atoms with Gasteiger partial charge in [0.15, 0.2) is 0 Å². The summed E-state index contributed by atoms with van der Waals surface area (Å²) in [5.74, 6) is 0.508. The summed E-state index contributed by atoms with van der Waals surface area (Å²) in [6.45, 7) is 4.31. The topological polar surface area (TPSA) is 29.3 Å². The van der Waals surface area contributed by atoms with Crippen molar-refractivity contribution < 1.29 is 4.39 Å². The first-order chi connectivity index (χ1) is 8.66. The van der Waals surface area contributed by atoms with Crippen LogP contribution in [0.25, 0.3) is 0 Å². The minimum absolute atomic E-state index is 0.0308. The van der Waals surface area contributed by atoms with Gasteiger partial charge >= 0.3 is 0 Å². The molecule has 3 rings (SSSR count). The van der Waals surface area contributed by atoms with Gasteiger partial charge in [-0.1, -0.05) is 19.1 Å². The van der Waals surface area contributed by atoms with Gasteiger partial charge in [-0.05, 0) is 42.4 Å². The molecule has 0 saturated carbocycles. The third-order valence-electron chi connectivity index (χ3n) is 4.63. The maximum absolute atomic E-state index is 13.7.